The molecule has 2 aromatic carbocycles. The molecule has 6 nitrogen and oxygen atoms in total. The average Bonchev–Trinajstić information content (AvgIpc) is 3.16. The van der Waals surface area contributed by atoms with Crippen LogP contribution in [0.4, 0.5) is 0 Å². The van der Waals surface area contributed by atoms with Gasteiger partial charge in [0, 0.05) is 0 Å². The Kier molecular flexibility index (Phi) is 17.7. The Morgan fingerprint density at radius 1 is 0.635 bits per heavy atom. The van der Waals surface area contributed by atoms with Crippen LogP contribution in [0.1, 0.15) is 184 Å². The van der Waals surface area contributed by atoms with Crippen LogP contribution in [0, 0.1) is 17.3 Å². The van der Waals surface area contributed by atoms with Crippen molar-refractivity contribution in [3.05, 3.63) is 70.8 Å². The lowest BCUT2D eigenvalue weighted by Gasteiger charge is -2.39. The van der Waals surface area contributed by atoms with E-state index in [0.29, 0.717) is 24.7 Å². The van der Waals surface area contributed by atoms with Gasteiger partial charge >= 0.3 is 11.9 Å². The van der Waals surface area contributed by atoms with Crippen LogP contribution in [0.2, 0.25) is 0 Å². The zero-order chi connectivity index (χ0) is 37.3. The molecular formula is C46H70O6. The second-order valence-corrected chi connectivity index (χ2v) is 16.3. The lowest BCUT2D eigenvalue weighted by molar-refractivity contribution is -0.184. The van der Waals surface area contributed by atoms with E-state index in [0.717, 1.165) is 23.0 Å². The number of ether oxygens (including phenoxy) is 2. The number of carboxylic acid groups (broad SMARTS) is 2. The minimum absolute atomic E-state index is 0.194. The van der Waals surface area contributed by atoms with Gasteiger partial charge < -0.3 is 19.7 Å². The highest BCUT2D eigenvalue weighted by Gasteiger charge is 2.48. The summed E-state index contributed by atoms with van der Waals surface area (Å²) in [5.41, 5.74) is 3.35. The van der Waals surface area contributed by atoms with Crippen molar-refractivity contribution in [2.45, 2.75) is 187 Å². The molecule has 0 amide bonds. The second kappa shape index (κ2) is 21.9. The Labute approximate surface area is 315 Å². The monoisotopic (exact) mass is 719 g/mol. The van der Waals surface area contributed by atoms with Gasteiger partial charge in [-0.25, -0.2) is 0 Å². The van der Waals surface area contributed by atoms with Crippen LogP contribution >= 0.6 is 0 Å². The summed E-state index contributed by atoms with van der Waals surface area (Å²) >= 11 is 0. The lowest BCUT2D eigenvalue weighted by atomic mass is 9.74. The molecule has 2 fully saturated rings. The fourth-order valence-corrected chi connectivity index (χ4v) is 9.22. The smallest absolute Gasteiger partial charge is 0.312 e. The number of hydrogen-bond acceptors (Lipinski definition) is 4. The van der Waals surface area contributed by atoms with Crippen molar-refractivity contribution in [1.82, 2.24) is 0 Å². The topological polar surface area (TPSA) is 93.1 Å². The van der Waals surface area contributed by atoms with Crippen LogP contribution in [-0.4, -0.2) is 34.4 Å². The summed E-state index contributed by atoms with van der Waals surface area (Å²) in [7, 11) is 0. The third kappa shape index (κ3) is 12.2. The number of unbranched alkanes of at least 4 members (excludes halogenated alkanes) is 4. The zero-order valence-corrected chi connectivity index (χ0v) is 33.0. The van der Waals surface area contributed by atoms with Crippen LogP contribution in [-0.2, 0) is 32.3 Å². The molecule has 2 aromatic rings. The highest BCUT2D eigenvalue weighted by atomic mass is 16.5. The molecule has 290 valence electrons. The van der Waals surface area contributed by atoms with E-state index in [2.05, 4.69) is 62.4 Å². The molecule has 2 aliphatic rings. The van der Waals surface area contributed by atoms with E-state index in [4.69, 9.17) is 9.47 Å². The van der Waals surface area contributed by atoms with Gasteiger partial charge in [0.2, 0.25) is 0 Å². The number of benzene rings is 2. The predicted octanol–water partition coefficient (Wildman–Crippen LogP) is 12.2. The van der Waals surface area contributed by atoms with Crippen LogP contribution in [0.3, 0.4) is 0 Å². The van der Waals surface area contributed by atoms with Gasteiger partial charge in [-0.1, -0.05) is 128 Å². The van der Waals surface area contributed by atoms with Gasteiger partial charge in [0.15, 0.2) is 0 Å². The molecule has 2 N–H and O–H groups in total. The first-order valence-electron chi connectivity index (χ1n) is 21.1. The van der Waals surface area contributed by atoms with Crippen molar-refractivity contribution in [3.8, 4) is 0 Å². The molecule has 52 heavy (non-hydrogen) atoms. The summed E-state index contributed by atoms with van der Waals surface area (Å²) in [4.78, 5) is 25.1. The molecule has 0 saturated heterocycles. The molecule has 0 spiro atoms. The van der Waals surface area contributed by atoms with Crippen LogP contribution < -0.4 is 0 Å². The molecule has 0 heterocycles. The van der Waals surface area contributed by atoms with E-state index in [9.17, 15) is 19.8 Å². The first-order chi connectivity index (χ1) is 25.2. The minimum atomic E-state index is -1.28. The molecular weight excluding hydrogens is 649 g/mol. The van der Waals surface area contributed by atoms with Gasteiger partial charge in [-0.15, -0.1) is 0 Å². The van der Waals surface area contributed by atoms with Gasteiger partial charge in [-0.2, -0.15) is 0 Å². The summed E-state index contributed by atoms with van der Waals surface area (Å²) in [6.45, 7) is 8.61. The van der Waals surface area contributed by atoms with Crippen LogP contribution in [0.5, 0.6) is 0 Å². The zero-order valence-electron chi connectivity index (χ0n) is 33.0. The van der Waals surface area contributed by atoms with Gasteiger partial charge in [0.05, 0.1) is 31.2 Å². The predicted molar refractivity (Wildman–Crippen MR) is 211 cm³/mol. The Hall–Kier alpha value is -2.70. The highest BCUT2D eigenvalue weighted by Crippen LogP contribution is 2.41. The number of carboxylic acids is 2. The minimum Gasteiger partial charge on any atom is -0.481 e. The van der Waals surface area contributed by atoms with Crippen molar-refractivity contribution in [2.24, 2.45) is 17.3 Å². The van der Waals surface area contributed by atoms with Crippen molar-refractivity contribution in [1.29, 1.82) is 0 Å². The number of rotatable bonds is 23. The van der Waals surface area contributed by atoms with Crippen molar-refractivity contribution in [3.63, 3.8) is 0 Å². The van der Waals surface area contributed by atoms with E-state index in [-0.39, 0.29) is 19.6 Å². The Balaban J connectivity index is 1.39. The standard InChI is InChI=1S/C46H70O6/c1-5-9-11-13-34-15-23-38(24-16-34)40-27-19-36(20-28-40)32-51-42(31-43(47)48)44(46(7-3,8-4)45(49)50)52-33-37-21-29-41(30-22-37)39-25-17-35(18-26-39)14-12-10-6-2/h19-22,27-30,34-35,38-39,42,44H,5-18,23-26,31-33H2,1-4H3,(H,47,48)(H,49,50)/t34-,35-,38-,39-,42-,44+/m1/s1. The molecule has 6 heteroatoms. The molecule has 2 aliphatic carbocycles. The Bertz CT molecular complexity index is 1300. The summed E-state index contributed by atoms with van der Waals surface area (Å²) in [5.74, 6) is 0.901. The maximum absolute atomic E-state index is 12.9. The van der Waals surface area contributed by atoms with Gasteiger partial charge in [-0.05, 0) is 110 Å². The third-order valence-corrected chi connectivity index (χ3v) is 12.9. The third-order valence-electron chi connectivity index (χ3n) is 12.9. The molecule has 2 atom stereocenters. The molecule has 0 bridgehead atoms. The average molecular weight is 719 g/mol. The van der Waals surface area contributed by atoms with Crippen molar-refractivity contribution < 1.29 is 29.3 Å². The Morgan fingerprint density at radius 2 is 1.06 bits per heavy atom. The molecule has 4 rings (SSSR count). The summed E-state index contributed by atoms with van der Waals surface area (Å²) in [5, 5.41) is 20.5. The van der Waals surface area contributed by atoms with Gasteiger partial charge in [-0.3, -0.25) is 9.59 Å². The van der Waals surface area contributed by atoms with Crippen molar-refractivity contribution >= 4 is 11.9 Å². The van der Waals surface area contributed by atoms with Crippen LogP contribution in [0.15, 0.2) is 48.5 Å². The van der Waals surface area contributed by atoms with Crippen LogP contribution in [0.25, 0.3) is 0 Å². The largest absolute Gasteiger partial charge is 0.481 e. The van der Waals surface area contributed by atoms with Gasteiger partial charge in [0.25, 0.3) is 0 Å². The number of hydrogen-bond donors (Lipinski definition) is 2. The summed E-state index contributed by atoms with van der Waals surface area (Å²) < 4.78 is 12.9. The molecule has 0 aliphatic heterocycles. The SMILES string of the molecule is CCCCC[C@H]1CC[C@H](c2ccc(CO[C@H](CC(=O)O)[C@H](OCc3ccc([C@H]4CC[C@H](CCCCC)CC4)cc3)C(CC)(CC)C(=O)O)cc2)CC1. The molecule has 0 aromatic heterocycles. The van der Waals surface area contributed by atoms with E-state index in [1.165, 1.54) is 114 Å². The molecule has 0 unspecified atom stereocenters. The van der Waals surface area contributed by atoms with E-state index >= 15 is 0 Å². The van der Waals surface area contributed by atoms with Gasteiger partial charge in [0.1, 0.15) is 6.10 Å². The molecule has 0 radical (unpaired) electrons. The quantitative estimate of drug-likeness (QED) is 0.111. The fraction of sp³-hybridized carbons (Fsp3) is 0.696. The highest BCUT2D eigenvalue weighted by molar-refractivity contribution is 5.76. The maximum Gasteiger partial charge on any atom is 0.312 e. The fourth-order valence-electron chi connectivity index (χ4n) is 9.22. The summed E-state index contributed by atoms with van der Waals surface area (Å²) in [6, 6.07) is 17.2. The normalized spacial score (nSPS) is 22.2. The molecule has 2 saturated carbocycles. The van der Waals surface area contributed by atoms with E-state index in [1.54, 1.807) is 0 Å². The van der Waals surface area contributed by atoms with E-state index < -0.39 is 29.6 Å². The number of carbonyl (C=O) groups is 2. The first kappa shape index (κ1) is 42.0. The Morgan fingerprint density at radius 3 is 1.42 bits per heavy atom. The second-order valence-electron chi connectivity index (χ2n) is 16.3. The maximum atomic E-state index is 12.9. The number of aliphatic carboxylic acids is 2. The van der Waals surface area contributed by atoms with Crippen molar-refractivity contribution in [2.75, 3.05) is 0 Å². The first-order valence-corrected chi connectivity index (χ1v) is 21.1. The lowest BCUT2D eigenvalue weighted by Crippen LogP contribution is -2.51. The van der Waals surface area contributed by atoms with E-state index in [1.807, 2.05) is 13.8 Å². The summed E-state index contributed by atoms with van der Waals surface area (Å²) in [6.07, 6.45) is 19.3.